The summed E-state index contributed by atoms with van der Waals surface area (Å²) in [6.07, 6.45) is 7.83. The highest BCUT2D eigenvalue weighted by Gasteiger charge is 2.28. The number of aromatic nitrogens is 4. The van der Waals surface area contributed by atoms with Crippen LogP contribution in [-0.4, -0.2) is 26.2 Å². The van der Waals surface area contributed by atoms with E-state index in [2.05, 4.69) is 44.6 Å². The van der Waals surface area contributed by atoms with Gasteiger partial charge in [0.2, 0.25) is 0 Å². The Morgan fingerprint density at radius 1 is 0.903 bits per heavy atom. The molecule has 2 heterocycles. The smallest absolute Gasteiger partial charge is 0.116 e. The topological polar surface area (TPSA) is 66.5 Å². The van der Waals surface area contributed by atoms with Crippen LogP contribution in [0, 0.1) is 0 Å². The molecule has 156 valence electrons. The number of hydrogen-bond acceptors (Lipinski definition) is 4. The van der Waals surface area contributed by atoms with Crippen molar-refractivity contribution < 1.29 is 0 Å². The summed E-state index contributed by atoms with van der Waals surface area (Å²) in [6.45, 7) is 0. The zero-order valence-corrected chi connectivity index (χ0v) is 17.9. The molecule has 2 N–H and O–H groups in total. The van der Waals surface area contributed by atoms with Gasteiger partial charge in [-0.2, -0.15) is 5.10 Å². The molecule has 0 radical (unpaired) electrons. The van der Waals surface area contributed by atoms with Gasteiger partial charge >= 0.3 is 0 Å². The molecule has 4 aromatic rings. The second-order valence-electron chi connectivity index (χ2n) is 8.02. The van der Waals surface area contributed by atoms with Gasteiger partial charge in [0, 0.05) is 45.7 Å². The van der Waals surface area contributed by atoms with E-state index < -0.39 is 0 Å². The zero-order chi connectivity index (χ0) is 21.0. The van der Waals surface area contributed by atoms with Crippen LogP contribution in [0.2, 0.25) is 5.02 Å². The lowest BCUT2D eigenvalue weighted by Crippen LogP contribution is -2.25. The van der Waals surface area contributed by atoms with Gasteiger partial charge in [-0.15, -0.1) is 0 Å². The van der Waals surface area contributed by atoms with Crippen LogP contribution < -0.4 is 5.32 Å². The summed E-state index contributed by atoms with van der Waals surface area (Å²) in [6, 6.07) is 20.7. The largest absolute Gasteiger partial charge is 0.382 e. The number of hydrogen-bond donors (Lipinski definition) is 2. The number of aromatic amines is 1. The van der Waals surface area contributed by atoms with Gasteiger partial charge in [-0.1, -0.05) is 41.9 Å². The first-order valence-corrected chi connectivity index (χ1v) is 11.1. The molecule has 0 spiro atoms. The lowest BCUT2D eigenvalue weighted by Gasteiger charge is -2.29. The molecule has 0 atom stereocenters. The molecule has 2 aromatic carbocycles. The number of halogens is 1. The Morgan fingerprint density at radius 2 is 1.68 bits per heavy atom. The van der Waals surface area contributed by atoms with E-state index in [1.807, 2.05) is 36.4 Å². The minimum absolute atomic E-state index is 0.423. The normalized spacial score (nSPS) is 18.6. The standard InChI is InChI=1S/C25H24ClN5/c26-19-10-6-17(7-11-19)24-23(22-14-15-27-16-28-22)25(31-30-24)18-8-12-21(13-9-18)29-20-4-2-1-3-5-20/h1-7,10-11,14-16,18,21,29H,8-9,12-13H2,(H,30,31). The molecule has 0 aliphatic heterocycles. The predicted octanol–water partition coefficient (Wildman–Crippen LogP) is 6.33. The van der Waals surface area contributed by atoms with Crippen molar-refractivity contribution in [3.63, 3.8) is 0 Å². The van der Waals surface area contributed by atoms with Gasteiger partial charge in [0.15, 0.2) is 0 Å². The van der Waals surface area contributed by atoms with Crippen molar-refractivity contribution >= 4 is 17.3 Å². The summed E-state index contributed by atoms with van der Waals surface area (Å²) in [5, 5.41) is 12.5. The summed E-state index contributed by atoms with van der Waals surface area (Å²) in [7, 11) is 0. The Morgan fingerprint density at radius 3 is 2.39 bits per heavy atom. The number of rotatable bonds is 5. The van der Waals surface area contributed by atoms with E-state index in [9.17, 15) is 0 Å². The van der Waals surface area contributed by atoms with Gasteiger partial charge in [-0.05, 0) is 56.0 Å². The molecular formula is C25H24ClN5. The van der Waals surface area contributed by atoms with Crippen molar-refractivity contribution in [1.29, 1.82) is 0 Å². The Kier molecular flexibility index (Phi) is 5.67. The van der Waals surface area contributed by atoms with Gasteiger partial charge < -0.3 is 5.32 Å². The zero-order valence-electron chi connectivity index (χ0n) is 17.1. The van der Waals surface area contributed by atoms with Crippen molar-refractivity contribution in [2.75, 3.05) is 5.32 Å². The minimum Gasteiger partial charge on any atom is -0.382 e. The van der Waals surface area contributed by atoms with Gasteiger partial charge in [0.25, 0.3) is 0 Å². The molecule has 2 aromatic heterocycles. The van der Waals surface area contributed by atoms with Gasteiger partial charge in [0.1, 0.15) is 12.0 Å². The van der Waals surface area contributed by atoms with Crippen LogP contribution in [0.15, 0.2) is 73.2 Å². The van der Waals surface area contributed by atoms with E-state index in [1.54, 1.807) is 12.5 Å². The van der Waals surface area contributed by atoms with Crippen LogP contribution in [0.25, 0.3) is 22.5 Å². The predicted molar refractivity (Wildman–Crippen MR) is 125 cm³/mol. The molecule has 1 aliphatic carbocycles. The molecule has 0 saturated heterocycles. The molecular weight excluding hydrogens is 406 g/mol. The number of anilines is 1. The second kappa shape index (κ2) is 8.90. The summed E-state index contributed by atoms with van der Waals surface area (Å²) in [5.74, 6) is 0.423. The summed E-state index contributed by atoms with van der Waals surface area (Å²) in [4.78, 5) is 8.64. The van der Waals surface area contributed by atoms with Crippen molar-refractivity contribution in [3.05, 3.63) is 83.9 Å². The maximum Gasteiger partial charge on any atom is 0.116 e. The summed E-state index contributed by atoms with van der Waals surface area (Å²) >= 11 is 6.10. The first-order valence-electron chi connectivity index (χ1n) is 10.7. The Hall–Kier alpha value is -3.18. The Labute approximate surface area is 186 Å². The third kappa shape index (κ3) is 4.32. The fraction of sp³-hybridized carbons (Fsp3) is 0.240. The molecule has 1 aliphatic rings. The van der Waals surface area contributed by atoms with Crippen LogP contribution in [0.4, 0.5) is 5.69 Å². The summed E-state index contributed by atoms with van der Waals surface area (Å²) < 4.78 is 0. The minimum atomic E-state index is 0.423. The molecule has 5 rings (SSSR count). The highest BCUT2D eigenvalue weighted by Crippen LogP contribution is 2.41. The van der Waals surface area contributed by atoms with Crippen LogP contribution in [0.5, 0.6) is 0 Å². The molecule has 0 bridgehead atoms. The van der Waals surface area contributed by atoms with E-state index >= 15 is 0 Å². The maximum atomic E-state index is 6.10. The molecule has 0 amide bonds. The molecule has 5 nitrogen and oxygen atoms in total. The highest BCUT2D eigenvalue weighted by molar-refractivity contribution is 6.30. The number of H-pyrrole nitrogens is 1. The highest BCUT2D eigenvalue weighted by atomic mass is 35.5. The Balaban J connectivity index is 1.41. The van der Waals surface area contributed by atoms with Crippen LogP contribution in [-0.2, 0) is 0 Å². The Bertz CT molecular complexity index is 1120. The second-order valence-corrected chi connectivity index (χ2v) is 8.46. The van der Waals surface area contributed by atoms with Gasteiger partial charge in [-0.3, -0.25) is 5.10 Å². The molecule has 6 heteroatoms. The molecule has 31 heavy (non-hydrogen) atoms. The van der Waals surface area contributed by atoms with E-state index in [0.29, 0.717) is 17.0 Å². The van der Waals surface area contributed by atoms with Crippen LogP contribution >= 0.6 is 11.6 Å². The van der Waals surface area contributed by atoms with Gasteiger partial charge in [0.05, 0.1) is 5.69 Å². The number of nitrogens with zero attached hydrogens (tertiary/aromatic N) is 3. The lowest BCUT2D eigenvalue weighted by atomic mass is 9.82. The van der Waals surface area contributed by atoms with E-state index in [-0.39, 0.29) is 0 Å². The van der Waals surface area contributed by atoms with Crippen molar-refractivity contribution in [2.24, 2.45) is 0 Å². The fourth-order valence-electron chi connectivity index (χ4n) is 4.46. The monoisotopic (exact) mass is 429 g/mol. The maximum absolute atomic E-state index is 6.10. The number of para-hydroxylation sites is 1. The van der Waals surface area contributed by atoms with Gasteiger partial charge in [-0.25, -0.2) is 9.97 Å². The number of benzene rings is 2. The first-order chi connectivity index (χ1) is 15.3. The van der Waals surface area contributed by atoms with Crippen LogP contribution in [0.1, 0.15) is 37.3 Å². The van der Waals surface area contributed by atoms with E-state index in [0.717, 1.165) is 48.2 Å². The molecule has 1 saturated carbocycles. The van der Waals surface area contributed by atoms with Crippen molar-refractivity contribution in [1.82, 2.24) is 20.2 Å². The van der Waals surface area contributed by atoms with Crippen LogP contribution in [0.3, 0.4) is 0 Å². The third-order valence-corrected chi connectivity index (χ3v) is 6.28. The van der Waals surface area contributed by atoms with Crippen molar-refractivity contribution in [3.8, 4) is 22.5 Å². The lowest BCUT2D eigenvalue weighted by molar-refractivity contribution is 0.407. The SMILES string of the molecule is Clc1ccc(-c2n[nH]c(C3CCC(Nc4ccccc4)CC3)c2-c2ccncn2)cc1. The quantitative estimate of drug-likeness (QED) is 0.389. The average molecular weight is 430 g/mol. The fourth-order valence-corrected chi connectivity index (χ4v) is 4.59. The van der Waals surface area contributed by atoms with E-state index in [1.165, 1.54) is 11.4 Å². The molecule has 1 fully saturated rings. The average Bonchev–Trinajstić information content (AvgIpc) is 3.26. The van der Waals surface area contributed by atoms with Crippen molar-refractivity contribution in [2.45, 2.75) is 37.6 Å². The summed E-state index contributed by atoms with van der Waals surface area (Å²) in [5.41, 5.74) is 6.27. The third-order valence-electron chi connectivity index (χ3n) is 6.03. The molecule has 0 unspecified atom stereocenters. The number of nitrogens with one attached hydrogen (secondary N) is 2. The van der Waals surface area contributed by atoms with E-state index in [4.69, 9.17) is 16.7 Å². The first kappa shape index (κ1) is 19.8.